The van der Waals surface area contributed by atoms with Crippen LogP contribution < -0.4 is 0 Å². The minimum Gasteiger partial charge on any atom is -0.497 e. The molecule has 1 aliphatic rings. The van der Waals surface area contributed by atoms with Crippen LogP contribution in [0.15, 0.2) is 12.3 Å². The van der Waals surface area contributed by atoms with Crippen molar-refractivity contribution in [3.05, 3.63) is 12.3 Å². The number of hydrogen-bond donors (Lipinski definition) is 0. The number of hydrogen-bond acceptors (Lipinski definition) is 3. The molecule has 0 radical (unpaired) electrons. The monoisotopic (exact) mass is 176 g/mol. The summed E-state index contributed by atoms with van der Waals surface area (Å²) in [6, 6.07) is 0. The zero-order valence-electron chi connectivity index (χ0n) is 6.49. The van der Waals surface area contributed by atoms with Crippen molar-refractivity contribution in [2.45, 2.75) is 19.4 Å². The van der Waals surface area contributed by atoms with Crippen molar-refractivity contribution in [2.75, 3.05) is 11.5 Å². The molecule has 0 saturated carbocycles. The van der Waals surface area contributed by atoms with E-state index in [4.69, 9.17) is 4.74 Å². The predicted molar refractivity (Wildman–Crippen MR) is 43.0 cm³/mol. The van der Waals surface area contributed by atoms with E-state index in [0.717, 1.165) is 0 Å². The molecule has 1 unspecified atom stereocenters. The van der Waals surface area contributed by atoms with E-state index < -0.39 is 9.84 Å². The molecule has 0 aromatic carbocycles. The summed E-state index contributed by atoms with van der Waals surface area (Å²) in [6.45, 7) is 1.84. The molecule has 0 aliphatic carbocycles. The second-order valence-electron chi connectivity index (χ2n) is 2.63. The zero-order valence-corrected chi connectivity index (χ0v) is 7.30. The molecule has 0 aromatic heterocycles. The van der Waals surface area contributed by atoms with Crippen molar-refractivity contribution in [2.24, 2.45) is 0 Å². The first kappa shape index (κ1) is 8.59. The van der Waals surface area contributed by atoms with Gasteiger partial charge in [-0.2, -0.15) is 0 Å². The largest absolute Gasteiger partial charge is 0.497 e. The maximum atomic E-state index is 10.9. The molecule has 1 fully saturated rings. The highest BCUT2D eigenvalue weighted by molar-refractivity contribution is 7.91. The van der Waals surface area contributed by atoms with Gasteiger partial charge in [-0.1, -0.05) is 6.08 Å². The van der Waals surface area contributed by atoms with Crippen LogP contribution in [-0.2, 0) is 14.6 Å². The van der Waals surface area contributed by atoms with Crippen molar-refractivity contribution in [3.63, 3.8) is 0 Å². The van der Waals surface area contributed by atoms with Crippen molar-refractivity contribution >= 4 is 9.84 Å². The quantitative estimate of drug-likeness (QED) is 0.582. The summed E-state index contributed by atoms with van der Waals surface area (Å²) in [5.41, 5.74) is 0. The van der Waals surface area contributed by atoms with Gasteiger partial charge in [-0.25, -0.2) is 8.42 Å². The van der Waals surface area contributed by atoms with Crippen LogP contribution in [-0.4, -0.2) is 26.0 Å². The fourth-order valence-corrected chi connectivity index (χ4v) is 2.66. The van der Waals surface area contributed by atoms with Crippen LogP contribution in [0.3, 0.4) is 0 Å². The van der Waals surface area contributed by atoms with Gasteiger partial charge in [0.25, 0.3) is 0 Å². The van der Waals surface area contributed by atoms with Gasteiger partial charge in [0.1, 0.15) is 6.10 Å². The number of sulfone groups is 1. The average Bonchev–Trinajstić information content (AvgIpc) is 2.26. The van der Waals surface area contributed by atoms with E-state index in [2.05, 4.69) is 0 Å². The van der Waals surface area contributed by atoms with E-state index in [1.165, 1.54) is 0 Å². The lowest BCUT2D eigenvalue weighted by atomic mass is 10.3. The van der Waals surface area contributed by atoms with Crippen LogP contribution in [0, 0.1) is 0 Å². The first-order chi connectivity index (χ1) is 5.14. The van der Waals surface area contributed by atoms with Crippen molar-refractivity contribution in [1.29, 1.82) is 0 Å². The van der Waals surface area contributed by atoms with Crippen LogP contribution in [0.25, 0.3) is 0 Å². The standard InChI is InChI=1S/C7H12O3S/c1-2-4-10-7-3-5-11(8,9)6-7/h2,4,7H,3,5-6H2,1H3/b4-2-. The molecule has 0 amide bonds. The molecule has 1 heterocycles. The van der Waals surface area contributed by atoms with Crippen LogP contribution >= 0.6 is 0 Å². The summed E-state index contributed by atoms with van der Waals surface area (Å²) in [5, 5.41) is 0. The second-order valence-corrected chi connectivity index (χ2v) is 4.86. The van der Waals surface area contributed by atoms with Crippen molar-refractivity contribution in [1.82, 2.24) is 0 Å². The minimum absolute atomic E-state index is 0.115. The highest BCUT2D eigenvalue weighted by Crippen LogP contribution is 2.14. The molecule has 0 N–H and O–H groups in total. The number of rotatable bonds is 2. The Bertz CT molecular complexity index is 240. The van der Waals surface area contributed by atoms with E-state index in [0.29, 0.717) is 6.42 Å². The van der Waals surface area contributed by atoms with Crippen LogP contribution in [0.1, 0.15) is 13.3 Å². The Morgan fingerprint density at radius 2 is 2.27 bits per heavy atom. The molecular weight excluding hydrogens is 164 g/mol. The van der Waals surface area contributed by atoms with E-state index >= 15 is 0 Å². The fraction of sp³-hybridized carbons (Fsp3) is 0.714. The van der Waals surface area contributed by atoms with Gasteiger partial charge in [-0.05, 0) is 13.3 Å². The third-order valence-electron chi connectivity index (χ3n) is 1.60. The van der Waals surface area contributed by atoms with Gasteiger partial charge >= 0.3 is 0 Å². The van der Waals surface area contributed by atoms with E-state index in [1.807, 2.05) is 6.92 Å². The minimum atomic E-state index is -2.78. The van der Waals surface area contributed by atoms with Crippen LogP contribution in [0.4, 0.5) is 0 Å². The maximum Gasteiger partial charge on any atom is 0.154 e. The molecule has 3 nitrogen and oxygen atoms in total. The number of allylic oxidation sites excluding steroid dienone is 1. The molecule has 0 aromatic rings. The highest BCUT2D eigenvalue weighted by atomic mass is 32.2. The Hall–Kier alpha value is -0.510. The molecule has 1 saturated heterocycles. The summed E-state index contributed by atoms with van der Waals surface area (Å²) in [6.07, 6.45) is 3.82. The van der Waals surface area contributed by atoms with Gasteiger partial charge in [0.2, 0.25) is 0 Å². The van der Waals surface area contributed by atoms with Gasteiger partial charge in [0.05, 0.1) is 17.8 Å². The first-order valence-corrected chi connectivity index (χ1v) is 5.43. The van der Waals surface area contributed by atoms with Crippen molar-refractivity contribution < 1.29 is 13.2 Å². The van der Waals surface area contributed by atoms with Gasteiger partial charge in [0, 0.05) is 0 Å². The Labute approximate surface area is 67.0 Å². The third kappa shape index (κ3) is 2.54. The normalized spacial score (nSPS) is 29.4. The topological polar surface area (TPSA) is 43.4 Å². The van der Waals surface area contributed by atoms with Gasteiger partial charge in [-0.15, -0.1) is 0 Å². The Morgan fingerprint density at radius 1 is 1.55 bits per heavy atom. The average molecular weight is 176 g/mol. The molecule has 1 atom stereocenters. The predicted octanol–water partition coefficient (Wildman–Crippen LogP) is 0.724. The summed E-state index contributed by atoms with van der Waals surface area (Å²) < 4.78 is 26.9. The van der Waals surface area contributed by atoms with Crippen molar-refractivity contribution in [3.8, 4) is 0 Å². The summed E-state index contributed by atoms with van der Waals surface area (Å²) in [7, 11) is -2.78. The van der Waals surface area contributed by atoms with Gasteiger partial charge in [-0.3, -0.25) is 0 Å². The molecule has 1 aliphatic heterocycles. The Balaban J connectivity index is 2.43. The molecule has 11 heavy (non-hydrogen) atoms. The van der Waals surface area contributed by atoms with Crippen LogP contribution in [0.2, 0.25) is 0 Å². The van der Waals surface area contributed by atoms with Gasteiger partial charge in [0.15, 0.2) is 9.84 Å². The lowest BCUT2D eigenvalue weighted by Gasteiger charge is -2.05. The van der Waals surface area contributed by atoms with E-state index in [9.17, 15) is 8.42 Å². The zero-order chi connectivity index (χ0) is 8.32. The summed E-state index contributed by atoms with van der Waals surface area (Å²) in [5.74, 6) is 0.451. The molecule has 0 spiro atoms. The molecule has 4 heteroatoms. The van der Waals surface area contributed by atoms with E-state index in [1.54, 1.807) is 12.3 Å². The third-order valence-corrected chi connectivity index (χ3v) is 3.34. The lowest BCUT2D eigenvalue weighted by molar-refractivity contribution is 0.167. The smallest absolute Gasteiger partial charge is 0.154 e. The van der Waals surface area contributed by atoms with Crippen LogP contribution in [0.5, 0.6) is 0 Å². The summed E-state index contributed by atoms with van der Waals surface area (Å²) >= 11 is 0. The van der Waals surface area contributed by atoms with E-state index in [-0.39, 0.29) is 17.6 Å². The summed E-state index contributed by atoms with van der Waals surface area (Å²) in [4.78, 5) is 0. The second kappa shape index (κ2) is 3.26. The highest BCUT2D eigenvalue weighted by Gasteiger charge is 2.28. The molecule has 64 valence electrons. The molecule has 0 bridgehead atoms. The Morgan fingerprint density at radius 3 is 2.73 bits per heavy atom. The molecular formula is C7H12O3S. The number of ether oxygens (including phenoxy) is 1. The fourth-order valence-electron chi connectivity index (χ4n) is 1.06. The Kier molecular flexibility index (Phi) is 2.54. The maximum absolute atomic E-state index is 10.9. The van der Waals surface area contributed by atoms with Gasteiger partial charge < -0.3 is 4.74 Å². The molecule has 1 rings (SSSR count). The first-order valence-electron chi connectivity index (χ1n) is 3.61. The SMILES string of the molecule is C/C=C\OC1CCS(=O)(=O)C1. The lowest BCUT2D eigenvalue weighted by Crippen LogP contribution is -2.11.